The van der Waals surface area contributed by atoms with Crippen molar-refractivity contribution >= 4 is 28.8 Å². The van der Waals surface area contributed by atoms with Crippen molar-refractivity contribution in [2.24, 2.45) is 4.99 Å². The number of methoxy groups -OCH3 is 2. The number of carbonyl (C=O) groups excluding carboxylic acids is 2. The summed E-state index contributed by atoms with van der Waals surface area (Å²) in [6, 6.07) is 4.87. The van der Waals surface area contributed by atoms with Crippen molar-refractivity contribution in [1.82, 2.24) is 9.80 Å². The standard InChI is InChI=1S/C25H29N3O5S/c1-5-12-33-24(30)22-16(2)26-25-28(17(15-34-25)13-21(29)27-10-6-7-11-27)23(22)19-14-18(31-3)8-9-20(19)32-4/h5,8-9,14-15,23H,1,6-7,10-13H2,2-4H3/t23-/m1/s1. The molecule has 4 rings (SSSR count). The van der Waals surface area contributed by atoms with Crippen molar-refractivity contribution in [2.45, 2.75) is 32.2 Å². The molecule has 1 saturated heterocycles. The van der Waals surface area contributed by atoms with E-state index >= 15 is 0 Å². The van der Waals surface area contributed by atoms with Gasteiger partial charge in [-0.3, -0.25) is 4.79 Å². The lowest BCUT2D eigenvalue weighted by molar-refractivity contribution is -0.138. The van der Waals surface area contributed by atoms with Gasteiger partial charge in [0, 0.05) is 24.4 Å². The first-order valence-corrected chi connectivity index (χ1v) is 12.1. The molecule has 0 N–H and O–H groups in total. The van der Waals surface area contributed by atoms with E-state index in [-0.39, 0.29) is 18.9 Å². The van der Waals surface area contributed by atoms with E-state index in [1.54, 1.807) is 27.2 Å². The Labute approximate surface area is 203 Å². The Morgan fingerprint density at radius 3 is 2.68 bits per heavy atom. The van der Waals surface area contributed by atoms with Crippen molar-refractivity contribution in [3.8, 4) is 11.5 Å². The van der Waals surface area contributed by atoms with Crippen molar-refractivity contribution in [3.05, 3.63) is 58.8 Å². The monoisotopic (exact) mass is 483 g/mol. The van der Waals surface area contributed by atoms with E-state index in [2.05, 4.69) is 6.58 Å². The average molecular weight is 484 g/mol. The molecule has 1 aromatic rings. The number of hydrogen-bond acceptors (Lipinski definition) is 8. The second-order valence-corrected chi connectivity index (χ2v) is 8.99. The Morgan fingerprint density at radius 1 is 1.24 bits per heavy atom. The third-order valence-electron chi connectivity index (χ3n) is 6.08. The van der Waals surface area contributed by atoms with Crippen LogP contribution in [0.15, 0.2) is 58.2 Å². The predicted molar refractivity (Wildman–Crippen MR) is 132 cm³/mol. The van der Waals surface area contributed by atoms with E-state index in [0.29, 0.717) is 27.9 Å². The maximum absolute atomic E-state index is 13.2. The molecule has 34 heavy (non-hydrogen) atoms. The fraction of sp³-hybridized carbons (Fsp3) is 0.400. The molecule has 0 bridgehead atoms. The first-order chi connectivity index (χ1) is 16.5. The first kappa shape index (κ1) is 23.9. The molecule has 0 spiro atoms. The Kier molecular flexibility index (Phi) is 7.31. The number of nitrogens with zero attached hydrogens (tertiary/aromatic N) is 3. The number of fused-ring (bicyclic) bond motifs is 1. The SMILES string of the molecule is C=CCOC(=O)C1=C(C)N=C2SC=C(CC(=O)N3CCCC3)N2[C@@H]1c1cc(OC)ccc1OC. The topological polar surface area (TPSA) is 80.7 Å². The molecule has 1 amide bonds. The molecule has 3 aliphatic heterocycles. The molecule has 0 aliphatic carbocycles. The molecular formula is C25H29N3O5S. The summed E-state index contributed by atoms with van der Waals surface area (Å²) >= 11 is 1.44. The van der Waals surface area contributed by atoms with Gasteiger partial charge in [-0.15, -0.1) is 0 Å². The van der Waals surface area contributed by atoms with Gasteiger partial charge in [0.1, 0.15) is 18.1 Å². The number of esters is 1. The molecule has 180 valence electrons. The highest BCUT2D eigenvalue weighted by atomic mass is 32.2. The number of rotatable bonds is 8. The van der Waals surface area contributed by atoms with E-state index in [4.69, 9.17) is 19.2 Å². The molecule has 0 saturated carbocycles. The van der Waals surface area contributed by atoms with Gasteiger partial charge in [-0.2, -0.15) is 0 Å². The number of aliphatic imine (C=N–C) groups is 1. The van der Waals surface area contributed by atoms with Gasteiger partial charge in [0.2, 0.25) is 5.91 Å². The third-order valence-corrected chi connectivity index (χ3v) is 6.96. The number of carbonyl (C=O) groups is 2. The average Bonchev–Trinajstić information content (AvgIpc) is 3.52. The molecular weight excluding hydrogens is 454 g/mol. The third kappa shape index (κ3) is 4.57. The van der Waals surface area contributed by atoms with Crippen molar-refractivity contribution in [2.75, 3.05) is 33.9 Å². The van der Waals surface area contributed by atoms with E-state index < -0.39 is 12.0 Å². The van der Waals surface area contributed by atoms with Crippen LogP contribution in [0.5, 0.6) is 11.5 Å². The highest BCUT2D eigenvalue weighted by molar-refractivity contribution is 8.16. The summed E-state index contributed by atoms with van der Waals surface area (Å²) in [5, 5.41) is 2.65. The summed E-state index contributed by atoms with van der Waals surface area (Å²) in [6.07, 6.45) is 3.81. The van der Waals surface area contributed by atoms with Crippen LogP contribution in [0.3, 0.4) is 0 Å². The second-order valence-electron chi connectivity index (χ2n) is 8.15. The van der Waals surface area contributed by atoms with Crippen molar-refractivity contribution in [1.29, 1.82) is 0 Å². The fourth-order valence-corrected chi connectivity index (χ4v) is 5.39. The summed E-state index contributed by atoms with van der Waals surface area (Å²) in [6.45, 7) is 7.08. The molecule has 3 heterocycles. The number of allylic oxidation sites excluding steroid dienone is 1. The second kappa shape index (κ2) is 10.4. The largest absolute Gasteiger partial charge is 0.497 e. The van der Waals surface area contributed by atoms with Crippen LogP contribution in [-0.2, 0) is 14.3 Å². The van der Waals surface area contributed by atoms with Crippen molar-refractivity contribution < 1.29 is 23.8 Å². The quantitative estimate of drug-likeness (QED) is 0.408. The lowest BCUT2D eigenvalue weighted by Gasteiger charge is -2.37. The highest BCUT2D eigenvalue weighted by Gasteiger charge is 2.42. The zero-order valence-electron chi connectivity index (χ0n) is 19.7. The lowest BCUT2D eigenvalue weighted by atomic mass is 9.92. The Balaban J connectivity index is 1.79. The molecule has 1 fully saturated rings. The van der Waals surface area contributed by atoms with Crippen LogP contribution in [0.4, 0.5) is 0 Å². The fourth-order valence-electron chi connectivity index (χ4n) is 4.42. The van der Waals surface area contributed by atoms with Gasteiger partial charge in [-0.1, -0.05) is 24.4 Å². The summed E-state index contributed by atoms with van der Waals surface area (Å²) in [5.41, 5.74) is 2.46. The Morgan fingerprint density at radius 2 is 2.00 bits per heavy atom. The molecule has 0 aromatic heterocycles. The number of likely N-dealkylation sites (tertiary alicyclic amines) is 1. The van der Waals surface area contributed by atoms with Crippen LogP contribution in [0.25, 0.3) is 0 Å². The van der Waals surface area contributed by atoms with E-state index in [9.17, 15) is 9.59 Å². The van der Waals surface area contributed by atoms with Crippen LogP contribution < -0.4 is 9.47 Å². The lowest BCUT2D eigenvalue weighted by Crippen LogP contribution is -2.38. The van der Waals surface area contributed by atoms with Crippen LogP contribution in [-0.4, -0.2) is 60.8 Å². The Hall–Kier alpha value is -3.20. The maximum Gasteiger partial charge on any atom is 0.338 e. The number of hydrogen-bond donors (Lipinski definition) is 0. The summed E-state index contributed by atoms with van der Waals surface area (Å²) in [5.74, 6) is 0.805. The summed E-state index contributed by atoms with van der Waals surface area (Å²) in [7, 11) is 3.17. The van der Waals surface area contributed by atoms with Gasteiger partial charge in [0.05, 0.1) is 38.0 Å². The van der Waals surface area contributed by atoms with E-state index in [1.165, 1.54) is 17.8 Å². The van der Waals surface area contributed by atoms with E-state index in [0.717, 1.165) is 37.2 Å². The first-order valence-electron chi connectivity index (χ1n) is 11.2. The van der Waals surface area contributed by atoms with Gasteiger partial charge < -0.3 is 24.0 Å². The zero-order chi connectivity index (χ0) is 24.2. The van der Waals surface area contributed by atoms with Crippen LogP contribution in [0, 0.1) is 0 Å². The maximum atomic E-state index is 13.2. The van der Waals surface area contributed by atoms with Crippen molar-refractivity contribution in [3.63, 3.8) is 0 Å². The number of ether oxygens (including phenoxy) is 3. The number of thioether (sulfide) groups is 1. The zero-order valence-corrected chi connectivity index (χ0v) is 20.5. The van der Waals surface area contributed by atoms with Gasteiger partial charge in [-0.05, 0) is 43.4 Å². The molecule has 9 heteroatoms. The number of amidine groups is 1. The predicted octanol–water partition coefficient (Wildman–Crippen LogP) is 4.02. The van der Waals surface area contributed by atoms with Gasteiger partial charge >= 0.3 is 5.97 Å². The summed E-state index contributed by atoms with van der Waals surface area (Å²) < 4.78 is 16.6. The Bertz CT molecular complexity index is 1090. The van der Waals surface area contributed by atoms with Crippen LogP contribution in [0.2, 0.25) is 0 Å². The van der Waals surface area contributed by atoms with Gasteiger partial charge in [0.15, 0.2) is 5.17 Å². The number of benzene rings is 1. The minimum absolute atomic E-state index is 0.0732. The van der Waals surface area contributed by atoms with E-state index in [1.807, 2.05) is 27.3 Å². The van der Waals surface area contributed by atoms with Crippen LogP contribution >= 0.6 is 11.8 Å². The minimum Gasteiger partial charge on any atom is -0.497 e. The molecule has 8 nitrogen and oxygen atoms in total. The van der Waals surface area contributed by atoms with Gasteiger partial charge in [-0.25, -0.2) is 9.79 Å². The number of amides is 1. The van der Waals surface area contributed by atoms with Crippen LogP contribution in [0.1, 0.15) is 37.8 Å². The smallest absolute Gasteiger partial charge is 0.338 e. The molecule has 0 unspecified atom stereocenters. The molecule has 3 aliphatic rings. The highest BCUT2D eigenvalue weighted by Crippen LogP contribution is 2.47. The summed E-state index contributed by atoms with van der Waals surface area (Å²) in [4.78, 5) is 34.8. The molecule has 0 radical (unpaired) electrons. The normalized spacial score (nSPS) is 19.4. The minimum atomic E-state index is -0.595. The molecule has 1 aromatic carbocycles. The van der Waals surface area contributed by atoms with Gasteiger partial charge in [0.25, 0.3) is 0 Å². The molecule has 1 atom stereocenters.